The van der Waals surface area contributed by atoms with Crippen molar-refractivity contribution in [3.63, 3.8) is 0 Å². The Kier molecular flexibility index (Phi) is 6.11. The van der Waals surface area contributed by atoms with Crippen LogP contribution in [0.3, 0.4) is 0 Å². The molecule has 31 heavy (non-hydrogen) atoms. The third-order valence-electron chi connectivity index (χ3n) is 3.86. The van der Waals surface area contributed by atoms with Crippen LogP contribution in [-0.2, 0) is 12.1 Å². The van der Waals surface area contributed by atoms with Crippen molar-refractivity contribution in [2.75, 3.05) is 6.54 Å². The van der Waals surface area contributed by atoms with Crippen molar-refractivity contribution in [2.24, 2.45) is 0 Å². The summed E-state index contributed by atoms with van der Waals surface area (Å²) in [5, 5.41) is 1.20. The molecule has 162 valence electrons. The van der Waals surface area contributed by atoms with Crippen LogP contribution in [0.1, 0.15) is 21.9 Å². The summed E-state index contributed by atoms with van der Waals surface area (Å²) in [5.74, 6) is -5.93. The Hall–Kier alpha value is -3.28. The van der Waals surface area contributed by atoms with E-state index in [1.54, 1.807) is 5.32 Å². The van der Waals surface area contributed by atoms with Crippen LogP contribution in [0.2, 0.25) is 5.02 Å². The molecule has 3 aromatic heterocycles. The molecule has 0 fully saturated rings. The van der Waals surface area contributed by atoms with Gasteiger partial charge in [0.15, 0.2) is 11.4 Å². The normalized spacial score (nSPS) is 12.0. The molecule has 0 saturated heterocycles. The van der Waals surface area contributed by atoms with Crippen molar-refractivity contribution in [1.29, 1.82) is 0 Å². The van der Waals surface area contributed by atoms with E-state index in [1.807, 2.05) is 0 Å². The highest BCUT2D eigenvalue weighted by Crippen LogP contribution is 2.34. The lowest BCUT2D eigenvalue weighted by Gasteiger charge is -2.18. The smallest absolute Gasteiger partial charge is 0.344 e. The number of hydrogen-bond acceptors (Lipinski definition) is 5. The number of nitrogens with zero attached hydrogens (tertiary/aromatic N) is 4. The van der Waals surface area contributed by atoms with E-state index in [2.05, 4.69) is 19.9 Å². The van der Waals surface area contributed by atoms with Crippen molar-refractivity contribution in [2.45, 2.75) is 12.1 Å². The van der Waals surface area contributed by atoms with Crippen LogP contribution in [0.15, 0.2) is 43.0 Å². The summed E-state index contributed by atoms with van der Waals surface area (Å²) in [6, 6.07) is 3.51. The highest BCUT2D eigenvalue weighted by Gasteiger charge is 2.40. The van der Waals surface area contributed by atoms with Gasteiger partial charge in [-0.1, -0.05) is 11.6 Å². The Morgan fingerprint density at radius 1 is 0.968 bits per heavy atom. The minimum Gasteiger partial charge on any atom is -0.344 e. The molecule has 0 spiro atoms. The van der Waals surface area contributed by atoms with Crippen molar-refractivity contribution in [3.05, 3.63) is 70.9 Å². The maximum atomic E-state index is 14.5. The number of carbonyl (C=O) groups is 1. The van der Waals surface area contributed by atoms with Crippen LogP contribution in [0.25, 0.3) is 11.3 Å². The molecule has 1 amide bonds. The largest absolute Gasteiger partial charge is 0.435 e. The lowest BCUT2D eigenvalue weighted by molar-refractivity contribution is -0.141. The van der Waals surface area contributed by atoms with Gasteiger partial charge >= 0.3 is 12.1 Å². The number of rotatable bonds is 5. The summed E-state index contributed by atoms with van der Waals surface area (Å²) >= 11 is 5.88. The number of alkyl halides is 5. The fraction of sp³-hybridized carbons (Fsp3) is 0.167. The van der Waals surface area contributed by atoms with E-state index < -0.39 is 52.5 Å². The van der Waals surface area contributed by atoms with Crippen molar-refractivity contribution < 1.29 is 31.1 Å². The zero-order chi connectivity index (χ0) is 22.8. The molecule has 0 radical (unpaired) electrons. The third kappa shape index (κ3) is 5.08. The van der Waals surface area contributed by atoms with E-state index in [4.69, 9.17) is 11.6 Å². The van der Waals surface area contributed by atoms with E-state index >= 15 is 0 Å². The quantitative estimate of drug-likeness (QED) is 0.574. The number of aromatic nitrogens is 4. The van der Waals surface area contributed by atoms with E-state index in [1.165, 1.54) is 6.07 Å². The van der Waals surface area contributed by atoms with Gasteiger partial charge in [-0.2, -0.15) is 22.0 Å². The Balaban J connectivity index is 1.78. The molecule has 0 unspecified atom stereocenters. The molecule has 13 heteroatoms. The van der Waals surface area contributed by atoms with Gasteiger partial charge in [-0.25, -0.2) is 14.4 Å². The summed E-state index contributed by atoms with van der Waals surface area (Å²) in [7, 11) is 0. The standard InChI is InChI=1S/C18H10ClF6N5O/c19-11-5-9(12-2-1-10(20)7-28-12)6-29-14(11)17(21,22)8-30-16(31)13-15(18(23,24)25)27-4-3-26-13/h1-7H,8H2,(H,30,31). The molecule has 3 rings (SSSR count). The van der Waals surface area contributed by atoms with Gasteiger partial charge in [0.25, 0.3) is 5.91 Å². The van der Waals surface area contributed by atoms with Gasteiger partial charge in [0.1, 0.15) is 11.5 Å². The predicted octanol–water partition coefficient (Wildman–Crippen LogP) is 4.27. The number of nitrogens with one attached hydrogen (secondary N) is 1. The first-order valence-electron chi connectivity index (χ1n) is 8.31. The summed E-state index contributed by atoms with van der Waals surface area (Å²) in [4.78, 5) is 25.7. The molecule has 0 atom stereocenters. The van der Waals surface area contributed by atoms with Crippen LogP contribution >= 0.6 is 11.6 Å². The first-order valence-corrected chi connectivity index (χ1v) is 8.69. The number of amides is 1. The molecular weight excluding hydrogens is 452 g/mol. The second-order valence-electron chi connectivity index (χ2n) is 6.05. The zero-order valence-electron chi connectivity index (χ0n) is 15.1. The van der Waals surface area contributed by atoms with Gasteiger partial charge < -0.3 is 5.32 Å². The predicted molar refractivity (Wildman–Crippen MR) is 95.7 cm³/mol. The Labute approximate surface area is 175 Å². The minimum absolute atomic E-state index is 0.223. The number of halogens is 7. The molecule has 1 N–H and O–H groups in total. The van der Waals surface area contributed by atoms with E-state index in [-0.39, 0.29) is 11.3 Å². The second kappa shape index (κ2) is 8.46. The highest BCUT2D eigenvalue weighted by molar-refractivity contribution is 6.31. The zero-order valence-corrected chi connectivity index (χ0v) is 15.8. The topological polar surface area (TPSA) is 80.7 Å². The maximum Gasteiger partial charge on any atom is 0.435 e. The third-order valence-corrected chi connectivity index (χ3v) is 4.15. The maximum absolute atomic E-state index is 14.5. The average molecular weight is 462 g/mol. The number of hydrogen-bond donors (Lipinski definition) is 1. The number of carbonyl (C=O) groups excluding carboxylic acids is 1. The van der Waals surface area contributed by atoms with Crippen molar-refractivity contribution >= 4 is 17.5 Å². The molecular formula is C18H10ClF6N5O. The summed E-state index contributed by atoms with van der Waals surface area (Å²) in [5.41, 5.74) is -3.23. The van der Waals surface area contributed by atoms with Gasteiger partial charge in [0, 0.05) is 24.2 Å². The average Bonchev–Trinajstić information content (AvgIpc) is 2.71. The fourth-order valence-corrected chi connectivity index (χ4v) is 2.77. The van der Waals surface area contributed by atoms with Gasteiger partial charge in [0.2, 0.25) is 0 Å². The lowest BCUT2D eigenvalue weighted by Crippen LogP contribution is -2.37. The summed E-state index contributed by atoms with van der Waals surface area (Å²) in [6.45, 7) is -1.40. The van der Waals surface area contributed by atoms with Gasteiger partial charge in [-0.05, 0) is 18.2 Å². The molecule has 0 aliphatic carbocycles. The van der Waals surface area contributed by atoms with Crippen LogP contribution in [0.4, 0.5) is 26.3 Å². The van der Waals surface area contributed by atoms with Crippen LogP contribution in [0.5, 0.6) is 0 Å². The first kappa shape index (κ1) is 22.4. The van der Waals surface area contributed by atoms with Crippen molar-refractivity contribution in [1.82, 2.24) is 25.3 Å². The van der Waals surface area contributed by atoms with E-state index in [0.29, 0.717) is 0 Å². The molecule has 0 aliphatic rings. The lowest BCUT2D eigenvalue weighted by atomic mass is 10.1. The van der Waals surface area contributed by atoms with Crippen molar-refractivity contribution in [3.8, 4) is 11.3 Å². The first-order chi connectivity index (χ1) is 14.5. The summed E-state index contributed by atoms with van der Waals surface area (Å²) in [6.07, 6.45) is -1.53. The molecule has 0 aliphatic heterocycles. The van der Waals surface area contributed by atoms with E-state index in [0.717, 1.165) is 36.9 Å². The van der Waals surface area contributed by atoms with Crippen LogP contribution in [-0.4, -0.2) is 32.4 Å². The van der Waals surface area contributed by atoms with Crippen LogP contribution in [0, 0.1) is 5.82 Å². The Morgan fingerprint density at radius 3 is 2.29 bits per heavy atom. The van der Waals surface area contributed by atoms with Gasteiger partial charge in [-0.3, -0.25) is 14.8 Å². The molecule has 0 aromatic carbocycles. The molecule has 0 bridgehead atoms. The van der Waals surface area contributed by atoms with Gasteiger partial charge in [0.05, 0.1) is 23.5 Å². The van der Waals surface area contributed by atoms with Gasteiger partial charge in [-0.15, -0.1) is 0 Å². The highest BCUT2D eigenvalue weighted by atomic mass is 35.5. The van der Waals surface area contributed by atoms with E-state index in [9.17, 15) is 31.1 Å². The molecule has 0 saturated carbocycles. The Bertz CT molecular complexity index is 1110. The molecule has 3 aromatic rings. The SMILES string of the molecule is O=C(NCC(F)(F)c1ncc(-c2ccc(F)cn2)cc1Cl)c1nccnc1C(F)(F)F. The molecule has 6 nitrogen and oxygen atoms in total. The summed E-state index contributed by atoms with van der Waals surface area (Å²) < 4.78 is 80.8. The Morgan fingerprint density at radius 2 is 1.68 bits per heavy atom. The minimum atomic E-state index is -5.00. The molecule has 3 heterocycles. The number of pyridine rings is 2. The van der Waals surface area contributed by atoms with Crippen LogP contribution < -0.4 is 5.32 Å². The second-order valence-corrected chi connectivity index (χ2v) is 6.46. The monoisotopic (exact) mass is 461 g/mol. The fourth-order valence-electron chi connectivity index (χ4n) is 2.46.